The van der Waals surface area contributed by atoms with Crippen LogP contribution in [0.3, 0.4) is 0 Å². The number of rotatable bonds is 10. The second-order valence-corrected chi connectivity index (χ2v) is 9.40. The van der Waals surface area contributed by atoms with E-state index in [4.69, 9.17) is 9.47 Å². The molecule has 41 heavy (non-hydrogen) atoms. The van der Waals surface area contributed by atoms with Gasteiger partial charge in [-0.25, -0.2) is 14.4 Å². The van der Waals surface area contributed by atoms with Crippen molar-refractivity contribution in [2.75, 3.05) is 26.2 Å². The maximum atomic E-state index is 13.7. The van der Waals surface area contributed by atoms with Crippen LogP contribution in [-0.4, -0.2) is 76.2 Å². The second kappa shape index (κ2) is 13.9. The van der Waals surface area contributed by atoms with Gasteiger partial charge in [0.05, 0.1) is 11.0 Å². The molecule has 1 aliphatic heterocycles. The van der Waals surface area contributed by atoms with Crippen LogP contribution < -0.4 is 10.1 Å². The quantitative estimate of drug-likeness (QED) is 0.214. The van der Waals surface area contributed by atoms with Crippen LogP contribution in [0.2, 0.25) is 0 Å². The summed E-state index contributed by atoms with van der Waals surface area (Å²) in [5.41, 5.74) is 1.32. The predicted molar refractivity (Wildman–Crippen MR) is 147 cm³/mol. The molecule has 1 saturated heterocycles. The third-order valence-corrected chi connectivity index (χ3v) is 6.63. The molecule has 2 atom stereocenters. The number of nitro benzene ring substituents is 1. The number of nitrogens with one attached hydrogen (secondary N) is 1. The first-order chi connectivity index (χ1) is 19.8. The van der Waals surface area contributed by atoms with Gasteiger partial charge in [0.2, 0.25) is 0 Å². The summed E-state index contributed by atoms with van der Waals surface area (Å²) in [7, 11) is 0. The van der Waals surface area contributed by atoms with Crippen LogP contribution in [0.5, 0.6) is 5.75 Å². The number of nitrogens with zero attached hydrogens (tertiary/aromatic N) is 3. The molecule has 2 N–H and O–H groups in total. The van der Waals surface area contributed by atoms with E-state index in [1.54, 1.807) is 24.3 Å². The van der Waals surface area contributed by atoms with Gasteiger partial charge in [0.1, 0.15) is 18.4 Å². The molecule has 12 heteroatoms. The maximum Gasteiger partial charge on any atom is 0.416 e. The van der Waals surface area contributed by atoms with E-state index in [1.807, 2.05) is 36.4 Å². The Labute approximate surface area is 236 Å². The van der Waals surface area contributed by atoms with Crippen molar-refractivity contribution in [3.05, 3.63) is 106 Å². The lowest BCUT2D eigenvalue weighted by atomic mass is 10.0. The number of esters is 1. The van der Waals surface area contributed by atoms with Crippen LogP contribution in [0, 0.1) is 10.1 Å². The number of amides is 2. The van der Waals surface area contributed by atoms with Gasteiger partial charge in [-0.15, -0.1) is 0 Å². The molecular weight excluding hydrogens is 532 g/mol. The first-order valence-corrected chi connectivity index (χ1v) is 13.0. The average molecular weight is 563 g/mol. The fourth-order valence-electron chi connectivity index (χ4n) is 4.51. The molecule has 1 heterocycles. The summed E-state index contributed by atoms with van der Waals surface area (Å²) in [6.45, 7) is 0.714. The Kier molecular flexibility index (Phi) is 9.84. The van der Waals surface area contributed by atoms with E-state index in [2.05, 4.69) is 5.32 Å². The topological polar surface area (TPSA) is 152 Å². The summed E-state index contributed by atoms with van der Waals surface area (Å²) in [4.78, 5) is 52.1. The fraction of sp³-hybridized carbons (Fsp3) is 0.276. The van der Waals surface area contributed by atoms with Crippen molar-refractivity contribution in [3.63, 3.8) is 0 Å². The van der Waals surface area contributed by atoms with Gasteiger partial charge in [0.15, 0.2) is 0 Å². The monoisotopic (exact) mass is 562 g/mol. The Morgan fingerprint density at radius 3 is 2.24 bits per heavy atom. The van der Waals surface area contributed by atoms with Crippen molar-refractivity contribution < 1.29 is 33.9 Å². The molecule has 4 rings (SSSR count). The van der Waals surface area contributed by atoms with Crippen LogP contribution in [0.4, 0.5) is 15.3 Å². The van der Waals surface area contributed by atoms with Gasteiger partial charge in [0, 0.05) is 44.7 Å². The van der Waals surface area contributed by atoms with Gasteiger partial charge in [-0.2, -0.15) is 0 Å². The van der Waals surface area contributed by atoms with Crippen molar-refractivity contribution in [2.45, 2.75) is 25.1 Å². The van der Waals surface area contributed by atoms with Crippen molar-refractivity contribution >= 4 is 23.8 Å². The Hall–Kier alpha value is -4.97. The summed E-state index contributed by atoms with van der Waals surface area (Å²) in [6.07, 6.45) is -1.99. The van der Waals surface area contributed by atoms with E-state index >= 15 is 0 Å². The highest BCUT2D eigenvalue weighted by molar-refractivity contribution is 5.83. The highest BCUT2D eigenvalue weighted by atomic mass is 16.6. The molecule has 214 valence electrons. The first kappa shape index (κ1) is 29.0. The average Bonchev–Trinajstić information content (AvgIpc) is 2.99. The van der Waals surface area contributed by atoms with Crippen molar-refractivity contribution in [2.24, 2.45) is 0 Å². The fourth-order valence-corrected chi connectivity index (χ4v) is 4.51. The van der Waals surface area contributed by atoms with Gasteiger partial charge < -0.3 is 24.8 Å². The first-order valence-electron chi connectivity index (χ1n) is 13.0. The maximum absolute atomic E-state index is 13.7. The molecular formula is C29H30N4O8. The minimum absolute atomic E-state index is 0.0254. The number of carboxylic acid groups (broad SMARTS) is 1. The minimum Gasteiger partial charge on any atom is -0.465 e. The van der Waals surface area contributed by atoms with E-state index < -0.39 is 35.2 Å². The predicted octanol–water partition coefficient (Wildman–Crippen LogP) is 3.70. The highest BCUT2D eigenvalue weighted by Crippen LogP contribution is 2.21. The number of ether oxygens (including phenoxy) is 2. The van der Waals surface area contributed by atoms with E-state index in [9.17, 15) is 29.6 Å². The van der Waals surface area contributed by atoms with Crippen molar-refractivity contribution in [1.82, 2.24) is 15.1 Å². The molecule has 0 bridgehead atoms. The smallest absolute Gasteiger partial charge is 0.416 e. The van der Waals surface area contributed by atoms with E-state index in [1.165, 1.54) is 34.1 Å². The molecule has 0 aromatic heterocycles. The van der Waals surface area contributed by atoms with Gasteiger partial charge in [-0.3, -0.25) is 15.0 Å². The molecule has 0 spiro atoms. The van der Waals surface area contributed by atoms with Crippen molar-refractivity contribution in [3.8, 4) is 5.75 Å². The van der Waals surface area contributed by atoms with E-state index in [-0.39, 0.29) is 44.1 Å². The second-order valence-electron chi connectivity index (χ2n) is 9.40. The Morgan fingerprint density at radius 2 is 1.63 bits per heavy atom. The Bertz CT molecular complexity index is 1340. The molecule has 0 saturated carbocycles. The summed E-state index contributed by atoms with van der Waals surface area (Å²) < 4.78 is 11.2. The largest absolute Gasteiger partial charge is 0.465 e. The summed E-state index contributed by atoms with van der Waals surface area (Å²) in [5, 5.41) is 23.9. The Morgan fingerprint density at radius 1 is 1.00 bits per heavy atom. The lowest BCUT2D eigenvalue weighted by Crippen LogP contribution is -2.60. The number of non-ortho nitro benzene ring substituents is 1. The third kappa shape index (κ3) is 8.02. The van der Waals surface area contributed by atoms with Gasteiger partial charge in [-0.1, -0.05) is 60.7 Å². The molecule has 0 aliphatic carbocycles. The van der Waals surface area contributed by atoms with Crippen LogP contribution in [-0.2, 0) is 22.6 Å². The van der Waals surface area contributed by atoms with E-state index in [0.717, 1.165) is 11.1 Å². The molecule has 3 aromatic carbocycles. The molecule has 1 fully saturated rings. The standard InChI is InChI=1S/C29H30N4O8/c34-27(40-20-22-9-5-2-6-10-22)26(17-21-7-3-1-4-8-21)32(19-24-18-30-15-16-31(24)28(35)36)29(37)41-25-13-11-23(12-14-25)33(38)39/h1-14,24,26,30H,15-20H2,(H,35,36). The van der Waals surface area contributed by atoms with Gasteiger partial charge >= 0.3 is 18.2 Å². The van der Waals surface area contributed by atoms with Gasteiger partial charge in [-0.05, 0) is 23.3 Å². The molecule has 12 nitrogen and oxygen atoms in total. The molecule has 1 aliphatic rings. The molecule has 0 radical (unpaired) electrons. The molecule has 2 amide bonds. The summed E-state index contributed by atoms with van der Waals surface area (Å²) in [6, 6.07) is 21.2. The summed E-state index contributed by atoms with van der Waals surface area (Å²) >= 11 is 0. The van der Waals surface area contributed by atoms with Crippen LogP contribution in [0.25, 0.3) is 0 Å². The lowest BCUT2D eigenvalue weighted by Gasteiger charge is -2.39. The third-order valence-electron chi connectivity index (χ3n) is 6.63. The lowest BCUT2D eigenvalue weighted by molar-refractivity contribution is -0.384. The number of carbonyl (C=O) groups excluding carboxylic acids is 2. The highest BCUT2D eigenvalue weighted by Gasteiger charge is 2.37. The number of hydrogen-bond donors (Lipinski definition) is 2. The van der Waals surface area contributed by atoms with Crippen LogP contribution in [0.15, 0.2) is 84.9 Å². The zero-order chi connectivity index (χ0) is 29.2. The number of carbonyl (C=O) groups is 3. The number of piperazine rings is 1. The zero-order valence-corrected chi connectivity index (χ0v) is 22.1. The molecule has 2 unspecified atom stereocenters. The zero-order valence-electron chi connectivity index (χ0n) is 22.1. The SMILES string of the molecule is O=C(OCc1ccccc1)C(Cc1ccccc1)N(CC1CNCCN1C(=O)O)C(=O)Oc1ccc([N+](=O)[O-])cc1. The number of benzene rings is 3. The Balaban J connectivity index is 1.65. The van der Waals surface area contributed by atoms with Crippen LogP contribution >= 0.6 is 0 Å². The van der Waals surface area contributed by atoms with Gasteiger partial charge in [0.25, 0.3) is 5.69 Å². The minimum atomic E-state index is -1.16. The number of nitro groups is 1. The normalized spacial score (nSPS) is 15.4. The summed E-state index contributed by atoms with van der Waals surface area (Å²) in [5.74, 6) is -0.664. The van der Waals surface area contributed by atoms with Crippen molar-refractivity contribution in [1.29, 1.82) is 0 Å². The molecule has 3 aromatic rings. The van der Waals surface area contributed by atoms with E-state index in [0.29, 0.717) is 6.54 Å². The number of hydrogen-bond acceptors (Lipinski definition) is 8. The van der Waals surface area contributed by atoms with Crippen LogP contribution in [0.1, 0.15) is 11.1 Å².